The fourth-order valence-corrected chi connectivity index (χ4v) is 4.41. The Bertz CT molecular complexity index is 1280. The van der Waals surface area contributed by atoms with Gasteiger partial charge in [0.2, 0.25) is 0 Å². The monoisotopic (exact) mass is 411 g/mol. The summed E-state index contributed by atoms with van der Waals surface area (Å²) in [4.78, 5) is 22.9. The molecule has 0 unspecified atom stereocenters. The number of likely N-dealkylation sites (N-methyl/N-ethyl adjacent to an activating group) is 1. The molecule has 1 aliphatic heterocycles. The number of carbonyl (C=O) groups is 1. The third-order valence-electron chi connectivity index (χ3n) is 6.03. The molecule has 2 aromatic carbocycles. The summed E-state index contributed by atoms with van der Waals surface area (Å²) in [7, 11) is 3.96. The van der Waals surface area contributed by atoms with Gasteiger partial charge in [0, 0.05) is 45.0 Å². The number of benzene rings is 2. The van der Waals surface area contributed by atoms with Crippen molar-refractivity contribution in [2.24, 2.45) is 7.05 Å². The fraction of sp³-hybridized carbons (Fsp3) is 0.240. The molecular formula is C25H25N5O. The van der Waals surface area contributed by atoms with Crippen molar-refractivity contribution in [1.29, 1.82) is 0 Å². The Morgan fingerprint density at radius 1 is 0.968 bits per heavy atom. The van der Waals surface area contributed by atoms with Gasteiger partial charge in [-0.2, -0.15) is 5.10 Å². The van der Waals surface area contributed by atoms with Crippen molar-refractivity contribution < 1.29 is 4.79 Å². The molecule has 1 aliphatic rings. The van der Waals surface area contributed by atoms with Gasteiger partial charge in [0.1, 0.15) is 0 Å². The van der Waals surface area contributed by atoms with E-state index >= 15 is 0 Å². The summed E-state index contributed by atoms with van der Waals surface area (Å²) in [6.45, 7) is 3.97. The molecule has 4 aromatic rings. The highest BCUT2D eigenvalue weighted by Gasteiger charge is 2.26. The summed E-state index contributed by atoms with van der Waals surface area (Å²) in [6.07, 6.45) is 0. The van der Waals surface area contributed by atoms with E-state index in [1.165, 1.54) is 5.69 Å². The summed E-state index contributed by atoms with van der Waals surface area (Å²) in [6, 6.07) is 20.2. The van der Waals surface area contributed by atoms with Crippen LogP contribution in [0.5, 0.6) is 0 Å². The van der Waals surface area contributed by atoms with Crippen LogP contribution in [-0.2, 0) is 13.6 Å². The van der Waals surface area contributed by atoms with E-state index in [4.69, 9.17) is 4.98 Å². The van der Waals surface area contributed by atoms with E-state index in [1.807, 2.05) is 67.4 Å². The standard InChI is InChI=1S/C25H25N5O/c1-17-23-20(15-21(18-9-5-4-6-10-18)26-24(23)29(3)27-17)25(31)30-14-13-28(2)22-12-8-7-11-19(22)16-30/h4-12,15H,13-14,16H2,1-3H3. The molecule has 1 amide bonds. The molecule has 0 bridgehead atoms. The number of nitrogens with zero attached hydrogens (tertiary/aromatic N) is 5. The highest BCUT2D eigenvalue weighted by Crippen LogP contribution is 2.30. The van der Waals surface area contributed by atoms with E-state index in [1.54, 1.807) is 4.68 Å². The minimum absolute atomic E-state index is 0.0192. The number of anilines is 1. The first-order valence-corrected chi connectivity index (χ1v) is 10.5. The van der Waals surface area contributed by atoms with Gasteiger partial charge in [0.15, 0.2) is 5.65 Å². The van der Waals surface area contributed by atoms with Gasteiger partial charge in [0.05, 0.1) is 22.3 Å². The number of rotatable bonds is 2. The van der Waals surface area contributed by atoms with Crippen LogP contribution in [-0.4, -0.2) is 45.7 Å². The molecule has 0 fully saturated rings. The van der Waals surface area contributed by atoms with Gasteiger partial charge < -0.3 is 9.80 Å². The zero-order valence-electron chi connectivity index (χ0n) is 18.0. The number of hydrogen-bond donors (Lipinski definition) is 0. The molecule has 0 radical (unpaired) electrons. The Morgan fingerprint density at radius 3 is 2.52 bits per heavy atom. The van der Waals surface area contributed by atoms with Crippen molar-refractivity contribution in [3.05, 3.63) is 77.5 Å². The highest BCUT2D eigenvalue weighted by molar-refractivity contribution is 6.07. The molecule has 0 N–H and O–H groups in total. The van der Waals surface area contributed by atoms with Crippen LogP contribution in [0.3, 0.4) is 0 Å². The van der Waals surface area contributed by atoms with Crippen LogP contribution in [0.25, 0.3) is 22.3 Å². The normalized spacial score (nSPS) is 13.9. The minimum atomic E-state index is 0.0192. The Morgan fingerprint density at radius 2 is 1.71 bits per heavy atom. The first-order chi connectivity index (χ1) is 15.0. The van der Waals surface area contributed by atoms with E-state index < -0.39 is 0 Å². The lowest BCUT2D eigenvalue weighted by atomic mass is 10.0. The lowest BCUT2D eigenvalue weighted by Crippen LogP contribution is -2.34. The van der Waals surface area contributed by atoms with Gasteiger partial charge in [-0.25, -0.2) is 4.98 Å². The number of aromatic nitrogens is 3. The number of aryl methyl sites for hydroxylation is 2. The van der Waals surface area contributed by atoms with Crippen LogP contribution >= 0.6 is 0 Å². The van der Waals surface area contributed by atoms with Crippen molar-refractivity contribution >= 4 is 22.6 Å². The Kier molecular flexibility index (Phi) is 4.70. The smallest absolute Gasteiger partial charge is 0.255 e. The molecule has 0 atom stereocenters. The van der Waals surface area contributed by atoms with Gasteiger partial charge in [-0.05, 0) is 24.6 Å². The van der Waals surface area contributed by atoms with Gasteiger partial charge in [-0.15, -0.1) is 0 Å². The number of carbonyl (C=O) groups excluding carboxylic acids is 1. The largest absolute Gasteiger partial charge is 0.373 e. The SMILES string of the molecule is Cc1nn(C)c2nc(-c3ccccc3)cc(C(=O)N3CCN(C)c4ccccc4C3)c12. The molecule has 3 heterocycles. The molecule has 156 valence electrons. The van der Waals surface area contributed by atoms with E-state index in [0.717, 1.165) is 40.1 Å². The lowest BCUT2D eigenvalue weighted by molar-refractivity contribution is 0.0753. The molecule has 0 saturated heterocycles. The van der Waals surface area contributed by atoms with Gasteiger partial charge in [-0.3, -0.25) is 9.48 Å². The molecule has 5 rings (SSSR count). The zero-order chi connectivity index (χ0) is 21.5. The van der Waals surface area contributed by atoms with Crippen LogP contribution in [0.4, 0.5) is 5.69 Å². The van der Waals surface area contributed by atoms with E-state index in [9.17, 15) is 4.79 Å². The van der Waals surface area contributed by atoms with Gasteiger partial charge >= 0.3 is 0 Å². The van der Waals surface area contributed by atoms with Crippen LogP contribution < -0.4 is 4.90 Å². The topological polar surface area (TPSA) is 54.3 Å². The van der Waals surface area contributed by atoms with E-state index in [0.29, 0.717) is 18.7 Å². The number of fused-ring (bicyclic) bond motifs is 2. The number of para-hydroxylation sites is 1. The number of pyridine rings is 1. The summed E-state index contributed by atoms with van der Waals surface area (Å²) >= 11 is 0. The van der Waals surface area contributed by atoms with Crippen LogP contribution in [0.1, 0.15) is 21.6 Å². The fourth-order valence-electron chi connectivity index (χ4n) is 4.41. The second kappa shape index (κ2) is 7.54. The van der Waals surface area contributed by atoms with E-state index in [-0.39, 0.29) is 5.91 Å². The first kappa shape index (κ1) is 19.3. The third-order valence-corrected chi connectivity index (χ3v) is 6.03. The Balaban J connectivity index is 1.63. The van der Waals surface area contributed by atoms with Gasteiger partial charge in [0.25, 0.3) is 5.91 Å². The summed E-state index contributed by atoms with van der Waals surface area (Å²) in [5, 5.41) is 5.39. The second-order valence-corrected chi connectivity index (χ2v) is 8.11. The number of amides is 1. The number of hydrogen-bond acceptors (Lipinski definition) is 4. The quantitative estimate of drug-likeness (QED) is 0.500. The first-order valence-electron chi connectivity index (χ1n) is 10.5. The van der Waals surface area contributed by atoms with Crippen molar-refractivity contribution in [2.45, 2.75) is 13.5 Å². The van der Waals surface area contributed by atoms with E-state index in [2.05, 4.69) is 29.2 Å². The van der Waals surface area contributed by atoms with Crippen LogP contribution in [0.15, 0.2) is 60.7 Å². The zero-order valence-corrected chi connectivity index (χ0v) is 18.0. The molecule has 6 nitrogen and oxygen atoms in total. The molecule has 0 saturated carbocycles. The maximum atomic E-state index is 13.9. The van der Waals surface area contributed by atoms with Crippen LogP contribution in [0.2, 0.25) is 0 Å². The predicted octanol–water partition coefficient (Wildman–Crippen LogP) is 4.04. The maximum absolute atomic E-state index is 13.9. The predicted molar refractivity (Wildman–Crippen MR) is 123 cm³/mol. The molecule has 2 aromatic heterocycles. The molecule has 0 spiro atoms. The molecular weight excluding hydrogens is 386 g/mol. The van der Waals surface area contributed by atoms with Crippen LogP contribution in [0, 0.1) is 6.92 Å². The van der Waals surface area contributed by atoms with Crippen molar-refractivity contribution in [1.82, 2.24) is 19.7 Å². The maximum Gasteiger partial charge on any atom is 0.255 e. The molecule has 31 heavy (non-hydrogen) atoms. The Labute approximate surface area is 181 Å². The highest BCUT2D eigenvalue weighted by atomic mass is 16.2. The Hall–Kier alpha value is -3.67. The van der Waals surface area contributed by atoms with Crippen molar-refractivity contribution in [2.75, 3.05) is 25.0 Å². The summed E-state index contributed by atoms with van der Waals surface area (Å²) in [5.74, 6) is 0.0192. The average Bonchev–Trinajstić information content (AvgIpc) is 2.98. The summed E-state index contributed by atoms with van der Waals surface area (Å²) in [5.41, 5.74) is 6.32. The van der Waals surface area contributed by atoms with Crippen molar-refractivity contribution in [3.63, 3.8) is 0 Å². The van der Waals surface area contributed by atoms with Gasteiger partial charge in [-0.1, -0.05) is 48.5 Å². The lowest BCUT2D eigenvalue weighted by Gasteiger charge is -2.22. The second-order valence-electron chi connectivity index (χ2n) is 8.11. The average molecular weight is 412 g/mol. The van der Waals surface area contributed by atoms with Crippen molar-refractivity contribution in [3.8, 4) is 11.3 Å². The summed E-state index contributed by atoms with van der Waals surface area (Å²) < 4.78 is 1.76. The molecule has 6 heteroatoms. The minimum Gasteiger partial charge on any atom is -0.373 e. The third kappa shape index (κ3) is 3.34. The molecule has 0 aliphatic carbocycles.